The average Bonchev–Trinajstić information content (AvgIpc) is 2.48. The normalized spacial score (nSPS) is 19.5. The molecule has 0 aliphatic carbocycles. The number of rotatable bonds is 5. The Hall–Kier alpha value is -0.860. The highest BCUT2D eigenvalue weighted by Crippen LogP contribution is 2.29. The highest BCUT2D eigenvalue weighted by Gasteiger charge is 2.19. The van der Waals surface area contributed by atoms with Gasteiger partial charge in [0.15, 0.2) is 0 Å². The summed E-state index contributed by atoms with van der Waals surface area (Å²) in [6.45, 7) is 8.81. The molecule has 0 radical (unpaired) electrons. The molecule has 2 heteroatoms. The summed E-state index contributed by atoms with van der Waals surface area (Å²) in [5.74, 6) is 1.43. The van der Waals surface area contributed by atoms with Crippen molar-refractivity contribution in [2.75, 3.05) is 26.2 Å². The number of hydrogen-bond acceptors (Lipinski definition) is 2. The van der Waals surface area contributed by atoms with Gasteiger partial charge in [-0.2, -0.15) is 0 Å². The van der Waals surface area contributed by atoms with Gasteiger partial charge < -0.3 is 10.6 Å². The fourth-order valence-corrected chi connectivity index (χ4v) is 3.00. The van der Waals surface area contributed by atoms with Gasteiger partial charge in [0.2, 0.25) is 0 Å². The monoisotopic (exact) mass is 260 g/mol. The Bertz CT molecular complexity index is 363. The van der Waals surface area contributed by atoms with Crippen molar-refractivity contribution >= 4 is 0 Å². The first-order valence-corrected chi connectivity index (χ1v) is 7.76. The summed E-state index contributed by atoms with van der Waals surface area (Å²) in [7, 11) is 0. The lowest BCUT2D eigenvalue weighted by molar-refractivity contribution is 0.218. The van der Waals surface area contributed by atoms with E-state index in [9.17, 15) is 0 Å². The molecule has 19 heavy (non-hydrogen) atoms. The van der Waals surface area contributed by atoms with Crippen LogP contribution in [0.5, 0.6) is 0 Å². The van der Waals surface area contributed by atoms with Crippen molar-refractivity contribution in [1.29, 1.82) is 0 Å². The lowest BCUT2D eigenvalue weighted by Gasteiger charge is -2.32. The molecule has 1 aromatic rings. The molecule has 2 rings (SSSR count). The van der Waals surface area contributed by atoms with Gasteiger partial charge in [-0.25, -0.2) is 0 Å². The lowest BCUT2D eigenvalue weighted by atomic mass is 9.87. The van der Waals surface area contributed by atoms with Crippen LogP contribution in [-0.4, -0.2) is 31.1 Å². The zero-order chi connectivity index (χ0) is 13.7. The fourth-order valence-electron chi connectivity index (χ4n) is 3.00. The van der Waals surface area contributed by atoms with E-state index in [4.69, 9.17) is 5.73 Å². The third kappa shape index (κ3) is 3.80. The highest BCUT2D eigenvalue weighted by molar-refractivity contribution is 5.27. The van der Waals surface area contributed by atoms with Crippen LogP contribution in [0.3, 0.4) is 0 Å². The molecule has 106 valence electrons. The quantitative estimate of drug-likeness (QED) is 0.880. The summed E-state index contributed by atoms with van der Waals surface area (Å²) in [4.78, 5) is 2.49. The number of piperidine rings is 1. The van der Waals surface area contributed by atoms with E-state index in [1.165, 1.54) is 43.5 Å². The summed E-state index contributed by atoms with van der Waals surface area (Å²) in [5, 5.41) is 0. The van der Waals surface area contributed by atoms with Crippen LogP contribution in [0.15, 0.2) is 24.3 Å². The van der Waals surface area contributed by atoms with Gasteiger partial charge in [-0.1, -0.05) is 38.1 Å². The minimum absolute atomic E-state index is 0.681. The van der Waals surface area contributed by atoms with E-state index in [0.29, 0.717) is 5.92 Å². The topological polar surface area (TPSA) is 29.3 Å². The molecule has 2 nitrogen and oxygen atoms in total. The number of hydrogen-bond donors (Lipinski definition) is 1. The molecule has 1 aliphatic rings. The summed E-state index contributed by atoms with van der Waals surface area (Å²) >= 11 is 0. The Balaban J connectivity index is 1.92. The van der Waals surface area contributed by atoms with E-state index >= 15 is 0 Å². The third-order valence-corrected chi connectivity index (χ3v) is 4.62. The van der Waals surface area contributed by atoms with Crippen LogP contribution < -0.4 is 5.73 Å². The van der Waals surface area contributed by atoms with Crippen LogP contribution in [0, 0.1) is 0 Å². The van der Waals surface area contributed by atoms with Crippen molar-refractivity contribution < 1.29 is 0 Å². The van der Waals surface area contributed by atoms with E-state index < -0.39 is 0 Å². The van der Waals surface area contributed by atoms with Crippen LogP contribution in [0.4, 0.5) is 0 Å². The molecule has 0 spiro atoms. The Morgan fingerprint density at radius 2 is 1.84 bits per heavy atom. The number of nitrogens with zero attached hydrogens (tertiary/aromatic N) is 1. The second kappa shape index (κ2) is 7.06. The van der Waals surface area contributed by atoms with Gasteiger partial charge in [-0.05, 0) is 55.3 Å². The van der Waals surface area contributed by atoms with Crippen molar-refractivity contribution in [3.05, 3.63) is 35.4 Å². The predicted molar refractivity (Wildman–Crippen MR) is 82.6 cm³/mol. The molecule has 0 amide bonds. The molecule has 0 saturated carbocycles. The van der Waals surface area contributed by atoms with E-state index in [0.717, 1.165) is 19.0 Å². The van der Waals surface area contributed by atoms with E-state index in [1.807, 2.05) is 0 Å². The molecule has 1 fully saturated rings. The van der Waals surface area contributed by atoms with Gasteiger partial charge in [0.05, 0.1) is 0 Å². The van der Waals surface area contributed by atoms with Crippen LogP contribution in [-0.2, 0) is 0 Å². The molecule has 1 aliphatic heterocycles. The molecule has 1 saturated heterocycles. The lowest BCUT2D eigenvalue weighted by Crippen LogP contribution is -2.36. The maximum Gasteiger partial charge on any atom is 0.0105 e. The Kier molecular flexibility index (Phi) is 5.41. The molecule has 2 N–H and O–H groups in total. The van der Waals surface area contributed by atoms with Gasteiger partial charge in [-0.15, -0.1) is 0 Å². The first-order valence-electron chi connectivity index (χ1n) is 7.76. The molecule has 1 unspecified atom stereocenters. The Morgan fingerprint density at radius 1 is 1.21 bits per heavy atom. The molecule has 0 bridgehead atoms. The highest BCUT2D eigenvalue weighted by atomic mass is 15.1. The second-order valence-corrected chi connectivity index (χ2v) is 5.88. The maximum atomic E-state index is 5.62. The largest absolute Gasteiger partial charge is 0.329 e. The number of nitrogens with two attached hydrogens (primary N) is 1. The first-order chi connectivity index (χ1) is 9.24. The zero-order valence-corrected chi connectivity index (χ0v) is 12.4. The predicted octanol–water partition coefficient (Wildman–Crippen LogP) is 3.34. The summed E-state index contributed by atoms with van der Waals surface area (Å²) < 4.78 is 0. The molecular formula is C17H28N2. The molecule has 1 heterocycles. The van der Waals surface area contributed by atoms with Crippen LogP contribution in [0.25, 0.3) is 0 Å². The molecular weight excluding hydrogens is 232 g/mol. The van der Waals surface area contributed by atoms with E-state index in [1.54, 1.807) is 0 Å². The van der Waals surface area contributed by atoms with Crippen molar-refractivity contribution in [2.45, 2.75) is 44.9 Å². The second-order valence-electron chi connectivity index (χ2n) is 5.88. The van der Waals surface area contributed by atoms with Crippen molar-refractivity contribution in [3.63, 3.8) is 0 Å². The van der Waals surface area contributed by atoms with E-state index in [-0.39, 0.29) is 0 Å². The van der Waals surface area contributed by atoms with Crippen molar-refractivity contribution in [3.8, 4) is 0 Å². The summed E-state index contributed by atoms with van der Waals surface area (Å²) in [6, 6.07) is 9.36. The van der Waals surface area contributed by atoms with Gasteiger partial charge in [0.25, 0.3) is 0 Å². The van der Waals surface area contributed by atoms with Gasteiger partial charge >= 0.3 is 0 Å². The minimum Gasteiger partial charge on any atom is -0.329 e. The van der Waals surface area contributed by atoms with Gasteiger partial charge in [0, 0.05) is 13.1 Å². The third-order valence-electron chi connectivity index (χ3n) is 4.62. The first kappa shape index (κ1) is 14.5. The summed E-state index contributed by atoms with van der Waals surface area (Å²) in [5.41, 5.74) is 8.63. The summed E-state index contributed by atoms with van der Waals surface area (Å²) in [6.07, 6.45) is 3.78. The van der Waals surface area contributed by atoms with Crippen LogP contribution in [0.1, 0.15) is 56.1 Å². The zero-order valence-electron chi connectivity index (χ0n) is 12.4. The van der Waals surface area contributed by atoms with Gasteiger partial charge in [-0.3, -0.25) is 0 Å². The van der Waals surface area contributed by atoms with Crippen molar-refractivity contribution in [1.82, 2.24) is 4.90 Å². The smallest absolute Gasteiger partial charge is 0.0105 e. The Labute approximate surface area is 118 Å². The minimum atomic E-state index is 0.681. The number of benzene rings is 1. The molecule has 0 aromatic heterocycles. The van der Waals surface area contributed by atoms with Gasteiger partial charge in [0.1, 0.15) is 0 Å². The van der Waals surface area contributed by atoms with E-state index in [2.05, 4.69) is 43.0 Å². The maximum absolute atomic E-state index is 5.62. The van der Waals surface area contributed by atoms with Crippen molar-refractivity contribution in [2.24, 2.45) is 5.73 Å². The Morgan fingerprint density at radius 3 is 2.37 bits per heavy atom. The SMILES string of the molecule is CCC(C)c1ccc(C2CCN(CCN)CC2)cc1. The fraction of sp³-hybridized carbons (Fsp3) is 0.647. The number of likely N-dealkylation sites (tertiary alicyclic amines) is 1. The van der Waals surface area contributed by atoms with Crippen LogP contribution >= 0.6 is 0 Å². The van der Waals surface area contributed by atoms with Crippen LogP contribution in [0.2, 0.25) is 0 Å². The molecule has 1 atom stereocenters. The standard InChI is InChI=1S/C17H28N2/c1-3-14(2)15-4-6-16(7-5-15)17-8-11-19(12-9-17)13-10-18/h4-7,14,17H,3,8-13,18H2,1-2H3. The molecule has 1 aromatic carbocycles. The average molecular weight is 260 g/mol.